The summed E-state index contributed by atoms with van der Waals surface area (Å²) >= 11 is 0. The molecule has 2 amide bonds. The van der Waals surface area contributed by atoms with E-state index in [9.17, 15) is 14.7 Å². The predicted octanol–water partition coefficient (Wildman–Crippen LogP) is 1.17. The number of piperidine rings is 1. The number of amides is 2. The Balaban J connectivity index is 1.79. The summed E-state index contributed by atoms with van der Waals surface area (Å²) in [5.74, 6) is -0.927. The summed E-state index contributed by atoms with van der Waals surface area (Å²) in [6.45, 7) is 3.69. The van der Waals surface area contributed by atoms with E-state index in [0.717, 1.165) is 25.8 Å². The SMILES string of the molecule is CC1CCCN(C(=O)NCCCn2ccnc2)C1C(=O)O. The Morgan fingerprint density at radius 3 is 2.95 bits per heavy atom. The number of rotatable bonds is 5. The molecule has 0 saturated carbocycles. The quantitative estimate of drug-likeness (QED) is 0.798. The third kappa shape index (κ3) is 3.96. The van der Waals surface area contributed by atoms with Crippen LogP contribution in [0.4, 0.5) is 4.79 Å². The molecule has 0 aliphatic carbocycles. The highest BCUT2D eigenvalue weighted by molar-refractivity contribution is 5.83. The van der Waals surface area contributed by atoms with Gasteiger partial charge in [-0.2, -0.15) is 0 Å². The molecule has 0 spiro atoms. The van der Waals surface area contributed by atoms with Crippen LogP contribution in [-0.2, 0) is 11.3 Å². The van der Waals surface area contributed by atoms with E-state index in [1.807, 2.05) is 17.7 Å². The third-order valence-corrected chi connectivity index (χ3v) is 3.88. The van der Waals surface area contributed by atoms with E-state index < -0.39 is 12.0 Å². The second kappa shape index (κ2) is 7.10. The van der Waals surface area contributed by atoms with Crippen LogP contribution in [0.25, 0.3) is 0 Å². The van der Waals surface area contributed by atoms with Gasteiger partial charge in [0.15, 0.2) is 0 Å². The number of imidazole rings is 1. The molecule has 1 fully saturated rings. The molecular formula is C14H22N4O3. The fraction of sp³-hybridized carbons (Fsp3) is 0.643. The molecule has 2 rings (SSSR count). The summed E-state index contributed by atoms with van der Waals surface area (Å²) < 4.78 is 1.94. The minimum atomic E-state index is -0.921. The maximum Gasteiger partial charge on any atom is 0.326 e. The molecule has 1 saturated heterocycles. The van der Waals surface area contributed by atoms with Gasteiger partial charge in [0.05, 0.1) is 6.33 Å². The molecule has 2 unspecified atom stereocenters. The van der Waals surface area contributed by atoms with Crippen molar-refractivity contribution < 1.29 is 14.7 Å². The zero-order valence-corrected chi connectivity index (χ0v) is 12.2. The molecule has 21 heavy (non-hydrogen) atoms. The van der Waals surface area contributed by atoms with Crippen LogP contribution < -0.4 is 5.32 Å². The highest BCUT2D eigenvalue weighted by Gasteiger charge is 2.36. The van der Waals surface area contributed by atoms with E-state index in [4.69, 9.17) is 0 Å². The number of carboxylic acid groups (broad SMARTS) is 1. The highest BCUT2D eigenvalue weighted by atomic mass is 16.4. The molecule has 2 atom stereocenters. The summed E-state index contributed by atoms with van der Waals surface area (Å²) in [4.78, 5) is 28.9. The largest absolute Gasteiger partial charge is 0.480 e. The van der Waals surface area contributed by atoms with E-state index in [-0.39, 0.29) is 11.9 Å². The van der Waals surface area contributed by atoms with Crippen molar-refractivity contribution in [3.63, 3.8) is 0 Å². The van der Waals surface area contributed by atoms with Crippen LogP contribution in [0.15, 0.2) is 18.7 Å². The number of urea groups is 1. The van der Waals surface area contributed by atoms with E-state index >= 15 is 0 Å². The van der Waals surface area contributed by atoms with Crippen molar-refractivity contribution in [2.24, 2.45) is 5.92 Å². The molecule has 2 heterocycles. The van der Waals surface area contributed by atoms with Gasteiger partial charge in [-0.3, -0.25) is 0 Å². The Labute approximate surface area is 124 Å². The second-order valence-electron chi connectivity index (χ2n) is 5.48. The number of aliphatic carboxylic acids is 1. The first kappa shape index (κ1) is 15.3. The summed E-state index contributed by atoms with van der Waals surface area (Å²) in [7, 11) is 0. The number of carbonyl (C=O) groups excluding carboxylic acids is 1. The number of nitrogens with one attached hydrogen (secondary N) is 1. The lowest BCUT2D eigenvalue weighted by atomic mass is 9.91. The lowest BCUT2D eigenvalue weighted by molar-refractivity contribution is -0.145. The molecule has 1 aliphatic rings. The minimum absolute atomic E-state index is 0.00653. The molecule has 0 radical (unpaired) electrons. The van der Waals surface area contributed by atoms with Crippen molar-refractivity contribution in [2.75, 3.05) is 13.1 Å². The number of likely N-dealkylation sites (tertiary alicyclic amines) is 1. The van der Waals surface area contributed by atoms with Gasteiger partial charge in [0.25, 0.3) is 0 Å². The fourth-order valence-electron chi connectivity index (χ4n) is 2.77. The van der Waals surface area contributed by atoms with Gasteiger partial charge in [-0.05, 0) is 25.2 Å². The number of aromatic nitrogens is 2. The lowest BCUT2D eigenvalue weighted by Crippen LogP contribution is -2.55. The Morgan fingerprint density at radius 2 is 2.29 bits per heavy atom. The lowest BCUT2D eigenvalue weighted by Gasteiger charge is -2.37. The van der Waals surface area contributed by atoms with Gasteiger partial charge in [-0.1, -0.05) is 6.92 Å². The first-order valence-corrected chi connectivity index (χ1v) is 7.32. The zero-order valence-electron chi connectivity index (χ0n) is 12.2. The number of carbonyl (C=O) groups is 2. The Hall–Kier alpha value is -2.05. The number of hydrogen-bond acceptors (Lipinski definition) is 3. The standard InChI is InChI=1S/C14H22N4O3/c1-11-4-2-8-18(12(11)13(19)20)14(21)16-5-3-7-17-9-6-15-10-17/h6,9-12H,2-5,7-8H2,1H3,(H,16,21)(H,19,20). The van der Waals surface area contributed by atoms with Gasteiger partial charge < -0.3 is 19.9 Å². The first-order chi connectivity index (χ1) is 10.1. The van der Waals surface area contributed by atoms with Crippen LogP contribution in [0.3, 0.4) is 0 Å². The van der Waals surface area contributed by atoms with Gasteiger partial charge in [0.1, 0.15) is 6.04 Å². The van der Waals surface area contributed by atoms with Crippen LogP contribution >= 0.6 is 0 Å². The van der Waals surface area contributed by atoms with Gasteiger partial charge in [-0.15, -0.1) is 0 Å². The molecule has 0 bridgehead atoms. The normalized spacial score (nSPS) is 22.0. The first-order valence-electron chi connectivity index (χ1n) is 7.32. The van der Waals surface area contributed by atoms with Crippen LogP contribution in [0.5, 0.6) is 0 Å². The Bertz CT molecular complexity index is 475. The number of hydrogen-bond donors (Lipinski definition) is 2. The molecule has 2 N–H and O–H groups in total. The second-order valence-corrected chi connectivity index (χ2v) is 5.48. The zero-order chi connectivity index (χ0) is 15.2. The van der Waals surface area contributed by atoms with Crippen molar-refractivity contribution in [1.29, 1.82) is 0 Å². The molecule has 7 heteroatoms. The molecule has 1 aromatic rings. The average Bonchev–Trinajstić information content (AvgIpc) is 2.95. The average molecular weight is 294 g/mol. The van der Waals surface area contributed by atoms with E-state index in [1.54, 1.807) is 12.5 Å². The van der Waals surface area contributed by atoms with Gasteiger partial charge in [-0.25, -0.2) is 14.6 Å². The molecule has 0 aromatic carbocycles. The van der Waals surface area contributed by atoms with Crippen LogP contribution in [0, 0.1) is 5.92 Å². The molecule has 7 nitrogen and oxygen atoms in total. The minimum Gasteiger partial charge on any atom is -0.480 e. The highest BCUT2D eigenvalue weighted by Crippen LogP contribution is 2.23. The summed E-state index contributed by atoms with van der Waals surface area (Å²) in [6, 6.07) is -0.994. The number of carboxylic acids is 1. The summed E-state index contributed by atoms with van der Waals surface area (Å²) in [5.41, 5.74) is 0. The maximum atomic E-state index is 12.2. The van der Waals surface area contributed by atoms with Crippen LogP contribution in [-0.4, -0.2) is 50.7 Å². The van der Waals surface area contributed by atoms with Crippen LogP contribution in [0.2, 0.25) is 0 Å². The van der Waals surface area contributed by atoms with Gasteiger partial charge in [0.2, 0.25) is 0 Å². The smallest absolute Gasteiger partial charge is 0.326 e. The van der Waals surface area contributed by atoms with Crippen molar-refractivity contribution in [3.8, 4) is 0 Å². The molecule has 1 aliphatic heterocycles. The number of nitrogens with zero attached hydrogens (tertiary/aromatic N) is 3. The predicted molar refractivity (Wildman–Crippen MR) is 76.8 cm³/mol. The van der Waals surface area contributed by atoms with Crippen molar-refractivity contribution in [3.05, 3.63) is 18.7 Å². The molecule has 1 aromatic heterocycles. The maximum absolute atomic E-state index is 12.2. The van der Waals surface area contributed by atoms with E-state index in [1.165, 1.54) is 4.90 Å². The Kier molecular flexibility index (Phi) is 5.19. The molecular weight excluding hydrogens is 272 g/mol. The fourth-order valence-corrected chi connectivity index (χ4v) is 2.77. The van der Waals surface area contributed by atoms with Crippen molar-refractivity contribution >= 4 is 12.0 Å². The third-order valence-electron chi connectivity index (χ3n) is 3.88. The summed E-state index contributed by atoms with van der Waals surface area (Å²) in [6.07, 6.45) is 7.80. The van der Waals surface area contributed by atoms with Crippen molar-refractivity contribution in [2.45, 2.75) is 38.8 Å². The van der Waals surface area contributed by atoms with Gasteiger partial charge >= 0.3 is 12.0 Å². The topological polar surface area (TPSA) is 87.5 Å². The van der Waals surface area contributed by atoms with Gasteiger partial charge in [0, 0.05) is 32.0 Å². The van der Waals surface area contributed by atoms with Crippen LogP contribution in [0.1, 0.15) is 26.2 Å². The Morgan fingerprint density at radius 1 is 1.48 bits per heavy atom. The summed E-state index contributed by atoms with van der Waals surface area (Å²) in [5, 5.41) is 12.1. The van der Waals surface area contributed by atoms with E-state index in [2.05, 4.69) is 10.3 Å². The van der Waals surface area contributed by atoms with Crippen molar-refractivity contribution in [1.82, 2.24) is 19.8 Å². The number of aryl methyl sites for hydroxylation is 1. The monoisotopic (exact) mass is 294 g/mol. The molecule has 116 valence electrons. The van der Waals surface area contributed by atoms with E-state index in [0.29, 0.717) is 13.1 Å².